The third-order valence-corrected chi connectivity index (χ3v) is 4.29. The zero-order valence-electron chi connectivity index (χ0n) is 16.2. The van der Waals surface area contributed by atoms with E-state index in [2.05, 4.69) is 20.6 Å². The van der Waals surface area contributed by atoms with Crippen LogP contribution in [0.3, 0.4) is 0 Å². The number of hydrogen-bond acceptors (Lipinski definition) is 6. The van der Waals surface area contributed by atoms with Crippen LogP contribution in [0, 0.1) is 13.8 Å². The van der Waals surface area contributed by atoms with Crippen LogP contribution in [0.5, 0.6) is 11.5 Å². The van der Waals surface area contributed by atoms with E-state index in [0.29, 0.717) is 28.7 Å². The molecule has 7 nitrogen and oxygen atoms in total. The quantitative estimate of drug-likeness (QED) is 0.671. The van der Waals surface area contributed by atoms with E-state index in [9.17, 15) is 4.79 Å². The van der Waals surface area contributed by atoms with Crippen LogP contribution in [-0.2, 0) is 0 Å². The van der Waals surface area contributed by atoms with Crippen molar-refractivity contribution in [2.45, 2.75) is 13.8 Å². The van der Waals surface area contributed by atoms with E-state index in [0.717, 1.165) is 16.8 Å². The van der Waals surface area contributed by atoms with Crippen LogP contribution in [0.15, 0.2) is 48.8 Å². The van der Waals surface area contributed by atoms with Crippen molar-refractivity contribution in [3.63, 3.8) is 0 Å². The number of carbonyl (C=O) groups excluding carboxylic acids is 1. The Balaban J connectivity index is 1.76. The van der Waals surface area contributed by atoms with Crippen LogP contribution in [0.25, 0.3) is 0 Å². The van der Waals surface area contributed by atoms with Crippen LogP contribution in [-0.4, -0.2) is 30.1 Å². The van der Waals surface area contributed by atoms with Gasteiger partial charge in [0.1, 0.15) is 11.5 Å². The van der Waals surface area contributed by atoms with Crippen molar-refractivity contribution < 1.29 is 14.3 Å². The lowest BCUT2D eigenvalue weighted by Crippen LogP contribution is -2.14. The molecule has 1 amide bonds. The molecule has 0 bridgehead atoms. The van der Waals surface area contributed by atoms with E-state index >= 15 is 0 Å². The standard InChI is InChI=1S/C21H22N4O3/c1-13-6-5-7-14(2)19(13)25-21-22-11-15(12-23-21)20(26)24-17-10-16(27-3)8-9-18(17)28-4/h5-12H,1-4H3,(H,24,26)(H,22,23,25). The third kappa shape index (κ3) is 4.20. The molecule has 1 heterocycles. The number of nitrogens with one attached hydrogen (secondary N) is 2. The zero-order chi connectivity index (χ0) is 20.1. The third-order valence-electron chi connectivity index (χ3n) is 4.29. The molecule has 0 unspecified atom stereocenters. The van der Waals surface area contributed by atoms with E-state index in [1.54, 1.807) is 25.3 Å². The number of ether oxygens (including phenoxy) is 2. The van der Waals surface area contributed by atoms with Crippen molar-refractivity contribution in [3.8, 4) is 11.5 Å². The highest BCUT2D eigenvalue weighted by atomic mass is 16.5. The number of carbonyl (C=O) groups is 1. The Bertz CT molecular complexity index is 967. The molecule has 0 saturated heterocycles. The number of aromatic nitrogens is 2. The molecule has 0 fully saturated rings. The molecule has 144 valence electrons. The van der Waals surface area contributed by atoms with E-state index in [1.807, 2.05) is 32.0 Å². The summed E-state index contributed by atoms with van der Waals surface area (Å²) < 4.78 is 10.5. The molecule has 0 aliphatic rings. The molecule has 0 spiro atoms. The first-order valence-corrected chi connectivity index (χ1v) is 8.70. The number of methoxy groups -OCH3 is 2. The lowest BCUT2D eigenvalue weighted by molar-refractivity contribution is 0.102. The van der Waals surface area contributed by atoms with Gasteiger partial charge in [0.2, 0.25) is 5.95 Å². The normalized spacial score (nSPS) is 10.3. The van der Waals surface area contributed by atoms with E-state index in [1.165, 1.54) is 19.5 Å². The first-order chi connectivity index (χ1) is 13.5. The maximum absolute atomic E-state index is 12.6. The van der Waals surface area contributed by atoms with Crippen LogP contribution in [0.4, 0.5) is 17.3 Å². The molecule has 2 aromatic carbocycles. The van der Waals surface area contributed by atoms with Gasteiger partial charge in [0, 0.05) is 24.1 Å². The number of benzene rings is 2. The predicted molar refractivity (Wildman–Crippen MR) is 109 cm³/mol. The smallest absolute Gasteiger partial charge is 0.258 e. The molecule has 3 aromatic rings. The molecule has 1 aromatic heterocycles. The molecule has 0 saturated carbocycles. The van der Waals surface area contributed by atoms with Gasteiger partial charge in [0.05, 0.1) is 25.5 Å². The maximum atomic E-state index is 12.6. The van der Waals surface area contributed by atoms with Gasteiger partial charge in [-0.2, -0.15) is 0 Å². The summed E-state index contributed by atoms with van der Waals surface area (Å²) in [6, 6.07) is 11.2. The van der Waals surface area contributed by atoms with Crippen LogP contribution in [0.1, 0.15) is 21.5 Å². The summed E-state index contributed by atoms with van der Waals surface area (Å²) in [5.41, 5.74) is 3.98. The summed E-state index contributed by atoms with van der Waals surface area (Å²) >= 11 is 0. The highest BCUT2D eigenvalue weighted by Crippen LogP contribution is 2.29. The summed E-state index contributed by atoms with van der Waals surface area (Å²) in [4.78, 5) is 21.1. The molecule has 0 radical (unpaired) electrons. The molecule has 0 atom stereocenters. The largest absolute Gasteiger partial charge is 0.497 e. The Kier molecular flexibility index (Phi) is 5.74. The van der Waals surface area contributed by atoms with Gasteiger partial charge in [0.25, 0.3) is 5.91 Å². The summed E-state index contributed by atoms with van der Waals surface area (Å²) in [6.45, 7) is 4.03. The van der Waals surface area contributed by atoms with E-state index < -0.39 is 0 Å². The Hall–Kier alpha value is -3.61. The monoisotopic (exact) mass is 378 g/mol. The molecule has 7 heteroatoms. The van der Waals surface area contributed by atoms with Crippen LogP contribution < -0.4 is 20.1 Å². The van der Waals surface area contributed by atoms with Gasteiger partial charge in [-0.3, -0.25) is 4.79 Å². The van der Waals surface area contributed by atoms with E-state index in [4.69, 9.17) is 9.47 Å². The van der Waals surface area contributed by atoms with Crippen LogP contribution in [0.2, 0.25) is 0 Å². The molecule has 0 aliphatic carbocycles. The average molecular weight is 378 g/mol. The molecule has 0 aliphatic heterocycles. The first-order valence-electron chi connectivity index (χ1n) is 8.70. The van der Waals surface area contributed by atoms with Crippen molar-refractivity contribution in [2.24, 2.45) is 0 Å². The first kappa shape index (κ1) is 19.2. The highest BCUT2D eigenvalue weighted by Gasteiger charge is 2.12. The fourth-order valence-electron chi connectivity index (χ4n) is 2.74. The molecular weight excluding hydrogens is 356 g/mol. The lowest BCUT2D eigenvalue weighted by Gasteiger charge is -2.12. The second kappa shape index (κ2) is 8.39. The minimum absolute atomic E-state index is 0.330. The Morgan fingerprint density at radius 1 is 0.964 bits per heavy atom. The fraction of sp³-hybridized carbons (Fsp3) is 0.190. The summed E-state index contributed by atoms with van der Waals surface area (Å²) in [7, 11) is 3.09. The number of nitrogens with zero attached hydrogens (tertiary/aromatic N) is 2. The predicted octanol–water partition coefficient (Wildman–Crippen LogP) is 4.11. The van der Waals surface area contributed by atoms with Gasteiger partial charge < -0.3 is 20.1 Å². The van der Waals surface area contributed by atoms with Gasteiger partial charge in [0.15, 0.2) is 0 Å². The Morgan fingerprint density at radius 3 is 2.25 bits per heavy atom. The number of aryl methyl sites for hydroxylation is 2. The minimum atomic E-state index is -0.342. The average Bonchev–Trinajstić information content (AvgIpc) is 2.71. The number of hydrogen-bond donors (Lipinski definition) is 2. The van der Waals surface area contributed by atoms with Gasteiger partial charge >= 0.3 is 0 Å². The summed E-state index contributed by atoms with van der Waals surface area (Å²) in [5, 5.41) is 5.99. The maximum Gasteiger partial charge on any atom is 0.258 e. The Morgan fingerprint density at radius 2 is 1.64 bits per heavy atom. The van der Waals surface area contributed by atoms with Gasteiger partial charge in [-0.25, -0.2) is 9.97 Å². The summed E-state index contributed by atoms with van der Waals surface area (Å²) in [5.74, 6) is 1.22. The highest BCUT2D eigenvalue weighted by molar-refractivity contribution is 6.04. The lowest BCUT2D eigenvalue weighted by atomic mass is 10.1. The van der Waals surface area contributed by atoms with Crippen LogP contribution >= 0.6 is 0 Å². The van der Waals surface area contributed by atoms with Crippen molar-refractivity contribution >= 4 is 23.2 Å². The van der Waals surface area contributed by atoms with Gasteiger partial charge in [-0.15, -0.1) is 0 Å². The second-order valence-corrected chi connectivity index (χ2v) is 6.21. The molecule has 2 N–H and O–H groups in total. The van der Waals surface area contributed by atoms with Crippen molar-refractivity contribution in [3.05, 3.63) is 65.5 Å². The molecule has 3 rings (SSSR count). The van der Waals surface area contributed by atoms with Gasteiger partial charge in [-0.05, 0) is 37.1 Å². The minimum Gasteiger partial charge on any atom is -0.497 e. The number of amides is 1. The van der Waals surface area contributed by atoms with Crippen molar-refractivity contribution in [1.29, 1.82) is 0 Å². The molecular formula is C21H22N4O3. The topological polar surface area (TPSA) is 85.4 Å². The Labute approximate surface area is 163 Å². The number of para-hydroxylation sites is 1. The van der Waals surface area contributed by atoms with E-state index in [-0.39, 0.29) is 5.91 Å². The number of anilines is 3. The molecule has 28 heavy (non-hydrogen) atoms. The second-order valence-electron chi connectivity index (χ2n) is 6.21. The zero-order valence-corrected chi connectivity index (χ0v) is 16.2. The van der Waals surface area contributed by atoms with Crippen molar-refractivity contribution in [1.82, 2.24) is 9.97 Å². The van der Waals surface area contributed by atoms with Crippen molar-refractivity contribution in [2.75, 3.05) is 24.9 Å². The SMILES string of the molecule is COc1ccc(OC)c(NC(=O)c2cnc(Nc3c(C)cccc3C)nc2)c1. The fourth-order valence-corrected chi connectivity index (χ4v) is 2.74. The number of rotatable bonds is 6. The van der Waals surface area contributed by atoms with Gasteiger partial charge in [-0.1, -0.05) is 18.2 Å². The summed E-state index contributed by atoms with van der Waals surface area (Å²) in [6.07, 6.45) is 2.95.